The van der Waals surface area contributed by atoms with Gasteiger partial charge in [0.2, 0.25) is 0 Å². The molecule has 0 aromatic rings. The van der Waals surface area contributed by atoms with Crippen LogP contribution in [0.4, 0.5) is 0 Å². The number of ether oxygens (including phenoxy) is 1. The second-order valence-electron chi connectivity index (χ2n) is 3.52. The number of sulfone groups is 1. The smallest absolute Gasteiger partial charge is 0.321 e. The zero-order chi connectivity index (χ0) is 11.7. The molecule has 0 unspecified atom stereocenters. The summed E-state index contributed by atoms with van der Waals surface area (Å²) in [7, 11) is -3.25. The SMILES string of the molecule is CCCCOC(=O)CS(=O)(=O)CCCC. The standard InChI is InChI=1S/C10H20O4S/c1-3-5-7-14-10(11)9-15(12,13)8-6-4-2/h3-9H2,1-2H3. The van der Waals surface area contributed by atoms with Gasteiger partial charge < -0.3 is 4.74 Å². The second-order valence-corrected chi connectivity index (χ2v) is 5.70. The van der Waals surface area contributed by atoms with Crippen molar-refractivity contribution in [2.75, 3.05) is 18.1 Å². The normalized spacial score (nSPS) is 11.3. The molecule has 0 rings (SSSR count). The Balaban J connectivity index is 3.84. The molecule has 0 radical (unpaired) electrons. The zero-order valence-corrected chi connectivity index (χ0v) is 10.3. The third kappa shape index (κ3) is 8.42. The lowest BCUT2D eigenvalue weighted by Gasteiger charge is -2.04. The van der Waals surface area contributed by atoms with Gasteiger partial charge in [0, 0.05) is 0 Å². The highest BCUT2D eigenvalue weighted by Gasteiger charge is 2.16. The number of esters is 1. The summed E-state index contributed by atoms with van der Waals surface area (Å²) in [6.07, 6.45) is 3.12. The molecular formula is C10H20O4S. The first kappa shape index (κ1) is 14.4. The van der Waals surface area contributed by atoms with Gasteiger partial charge in [-0.05, 0) is 12.8 Å². The van der Waals surface area contributed by atoms with Crippen LogP contribution in [0.3, 0.4) is 0 Å². The maximum Gasteiger partial charge on any atom is 0.321 e. The Bertz CT molecular complexity index is 269. The van der Waals surface area contributed by atoms with Gasteiger partial charge in [0.15, 0.2) is 9.84 Å². The van der Waals surface area contributed by atoms with Crippen LogP contribution in [0.15, 0.2) is 0 Å². The van der Waals surface area contributed by atoms with Gasteiger partial charge in [0.25, 0.3) is 0 Å². The fourth-order valence-electron chi connectivity index (χ4n) is 0.988. The molecule has 0 aliphatic heterocycles. The average Bonchev–Trinajstić information content (AvgIpc) is 2.14. The van der Waals surface area contributed by atoms with Crippen LogP contribution in [-0.2, 0) is 19.4 Å². The largest absolute Gasteiger partial charge is 0.465 e. The van der Waals surface area contributed by atoms with Crippen LogP contribution >= 0.6 is 0 Å². The molecule has 0 saturated carbocycles. The van der Waals surface area contributed by atoms with Crippen molar-refractivity contribution in [2.24, 2.45) is 0 Å². The van der Waals surface area contributed by atoms with Crippen molar-refractivity contribution in [1.82, 2.24) is 0 Å². The average molecular weight is 236 g/mol. The summed E-state index contributed by atoms with van der Waals surface area (Å²) >= 11 is 0. The summed E-state index contributed by atoms with van der Waals surface area (Å²) in [5, 5.41) is 0. The maximum atomic E-state index is 11.3. The Morgan fingerprint density at radius 2 is 1.73 bits per heavy atom. The Labute approximate surface area is 91.9 Å². The highest BCUT2D eigenvalue weighted by atomic mass is 32.2. The molecule has 0 spiro atoms. The molecule has 0 aromatic carbocycles. The summed E-state index contributed by atoms with van der Waals surface area (Å²) in [5.74, 6) is -1.03. The van der Waals surface area contributed by atoms with Gasteiger partial charge in [-0.25, -0.2) is 8.42 Å². The summed E-state index contributed by atoms with van der Waals surface area (Å²) in [6, 6.07) is 0. The van der Waals surface area contributed by atoms with Gasteiger partial charge in [0.05, 0.1) is 12.4 Å². The molecule has 0 saturated heterocycles. The molecule has 15 heavy (non-hydrogen) atoms. The van der Waals surface area contributed by atoms with Gasteiger partial charge in [-0.15, -0.1) is 0 Å². The molecule has 0 aliphatic rings. The van der Waals surface area contributed by atoms with E-state index in [1.54, 1.807) is 0 Å². The lowest BCUT2D eigenvalue weighted by molar-refractivity contribution is -0.140. The van der Waals surface area contributed by atoms with Crippen LogP contribution in [0.25, 0.3) is 0 Å². The van der Waals surface area contributed by atoms with Crippen molar-refractivity contribution in [3.63, 3.8) is 0 Å². The molecule has 0 N–H and O–H groups in total. The predicted molar refractivity (Wildman–Crippen MR) is 59.4 cm³/mol. The van der Waals surface area contributed by atoms with Crippen molar-refractivity contribution in [3.8, 4) is 0 Å². The van der Waals surface area contributed by atoms with Crippen LogP contribution < -0.4 is 0 Å². The Morgan fingerprint density at radius 1 is 1.13 bits per heavy atom. The van der Waals surface area contributed by atoms with Crippen molar-refractivity contribution < 1.29 is 17.9 Å². The minimum Gasteiger partial charge on any atom is -0.465 e. The van der Waals surface area contributed by atoms with Gasteiger partial charge in [-0.3, -0.25) is 4.79 Å². The monoisotopic (exact) mass is 236 g/mol. The molecule has 0 atom stereocenters. The molecule has 0 bridgehead atoms. The minimum atomic E-state index is -3.25. The Morgan fingerprint density at radius 3 is 2.27 bits per heavy atom. The zero-order valence-electron chi connectivity index (χ0n) is 9.49. The first-order valence-electron chi connectivity index (χ1n) is 5.38. The van der Waals surface area contributed by atoms with Gasteiger partial charge in [-0.1, -0.05) is 26.7 Å². The van der Waals surface area contributed by atoms with E-state index in [9.17, 15) is 13.2 Å². The number of unbranched alkanes of at least 4 members (excludes halogenated alkanes) is 2. The third-order valence-electron chi connectivity index (χ3n) is 1.91. The highest BCUT2D eigenvalue weighted by molar-refractivity contribution is 7.92. The quantitative estimate of drug-likeness (QED) is 0.474. The number of carbonyl (C=O) groups excluding carboxylic acids is 1. The van der Waals surface area contributed by atoms with E-state index in [0.717, 1.165) is 19.3 Å². The first-order valence-corrected chi connectivity index (χ1v) is 7.20. The molecule has 5 heteroatoms. The van der Waals surface area contributed by atoms with E-state index in [4.69, 9.17) is 4.74 Å². The van der Waals surface area contributed by atoms with E-state index < -0.39 is 21.6 Å². The van der Waals surface area contributed by atoms with E-state index in [1.807, 2.05) is 13.8 Å². The molecule has 0 fully saturated rings. The summed E-state index contributed by atoms with van der Waals surface area (Å²) in [6.45, 7) is 4.21. The maximum absolute atomic E-state index is 11.3. The van der Waals surface area contributed by atoms with Crippen molar-refractivity contribution >= 4 is 15.8 Å². The van der Waals surface area contributed by atoms with Crippen LogP contribution in [0.5, 0.6) is 0 Å². The van der Waals surface area contributed by atoms with Crippen molar-refractivity contribution in [3.05, 3.63) is 0 Å². The van der Waals surface area contributed by atoms with Crippen LogP contribution in [0.1, 0.15) is 39.5 Å². The fraction of sp³-hybridized carbons (Fsp3) is 0.900. The summed E-state index contributed by atoms with van der Waals surface area (Å²) in [5.41, 5.74) is 0. The first-order chi connectivity index (χ1) is 7.02. The number of hydrogen-bond acceptors (Lipinski definition) is 4. The lowest BCUT2D eigenvalue weighted by atomic mass is 10.4. The third-order valence-corrected chi connectivity index (χ3v) is 3.49. The van der Waals surface area contributed by atoms with Crippen LogP contribution in [-0.4, -0.2) is 32.5 Å². The fourth-order valence-corrected chi connectivity index (χ4v) is 2.30. The number of rotatable bonds is 8. The molecule has 0 aliphatic carbocycles. The van der Waals surface area contributed by atoms with Crippen molar-refractivity contribution in [2.45, 2.75) is 39.5 Å². The number of hydrogen-bond donors (Lipinski definition) is 0. The van der Waals surface area contributed by atoms with Crippen LogP contribution in [0.2, 0.25) is 0 Å². The van der Waals surface area contributed by atoms with Crippen molar-refractivity contribution in [1.29, 1.82) is 0 Å². The molecule has 0 amide bonds. The van der Waals surface area contributed by atoms with E-state index >= 15 is 0 Å². The van der Waals surface area contributed by atoms with E-state index in [2.05, 4.69) is 0 Å². The molecular weight excluding hydrogens is 216 g/mol. The van der Waals surface area contributed by atoms with E-state index in [1.165, 1.54) is 0 Å². The van der Waals surface area contributed by atoms with E-state index in [-0.39, 0.29) is 5.75 Å². The lowest BCUT2D eigenvalue weighted by Crippen LogP contribution is -2.21. The topological polar surface area (TPSA) is 60.4 Å². The molecule has 0 heterocycles. The molecule has 90 valence electrons. The molecule has 4 nitrogen and oxygen atoms in total. The Hall–Kier alpha value is -0.580. The van der Waals surface area contributed by atoms with Crippen LogP contribution in [0, 0.1) is 0 Å². The summed E-state index contributed by atoms with van der Waals surface area (Å²) < 4.78 is 27.4. The highest BCUT2D eigenvalue weighted by Crippen LogP contribution is 1.99. The van der Waals surface area contributed by atoms with Gasteiger partial charge >= 0.3 is 5.97 Å². The molecule has 0 aromatic heterocycles. The summed E-state index contributed by atoms with van der Waals surface area (Å²) in [4.78, 5) is 11.1. The van der Waals surface area contributed by atoms with Gasteiger partial charge in [-0.2, -0.15) is 0 Å². The second kappa shape index (κ2) is 7.68. The van der Waals surface area contributed by atoms with E-state index in [0.29, 0.717) is 13.0 Å². The Kier molecular flexibility index (Phi) is 7.38. The minimum absolute atomic E-state index is 0.0758. The number of carbonyl (C=O) groups is 1. The predicted octanol–water partition coefficient (Wildman–Crippen LogP) is 1.54. The van der Waals surface area contributed by atoms with Gasteiger partial charge in [0.1, 0.15) is 5.75 Å².